The Morgan fingerprint density at radius 3 is 2.55 bits per heavy atom. The number of hydrogen-bond donors (Lipinski definition) is 0. The highest BCUT2D eigenvalue weighted by Gasteiger charge is 2.01. The van der Waals surface area contributed by atoms with E-state index >= 15 is 0 Å². The molecule has 0 saturated carbocycles. The van der Waals surface area contributed by atoms with Gasteiger partial charge in [-0.05, 0) is 6.92 Å². The molecule has 0 bridgehead atoms. The van der Waals surface area contributed by atoms with Crippen molar-refractivity contribution in [3.05, 3.63) is 12.2 Å². The van der Waals surface area contributed by atoms with Crippen LogP contribution in [0.3, 0.4) is 0 Å². The van der Waals surface area contributed by atoms with Crippen molar-refractivity contribution >= 4 is 12.2 Å². The highest BCUT2D eigenvalue weighted by Crippen LogP contribution is 1.89. The molecule has 0 aromatic carbocycles. The van der Waals surface area contributed by atoms with Crippen molar-refractivity contribution in [3.8, 4) is 0 Å². The van der Waals surface area contributed by atoms with Gasteiger partial charge in [-0.25, -0.2) is 9.37 Å². The molecule has 0 saturated heterocycles. The lowest BCUT2D eigenvalue weighted by molar-refractivity contribution is -0.460. The van der Waals surface area contributed by atoms with Crippen LogP contribution in [-0.4, -0.2) is 37.5 Å². The molecule has 62 valence electrons. The van der Waals surface area contributed by atoms with E-state index in [0.29, 0.717) is 12.2 Å². The fourth-order valence-electron chi connectivity index (χ4n) is 0.385. The van der Waals surface area contributed by atoms with E-state index in [9.17, 15) is 4.79 Å². The molecule has 0 aliphatic heterocycles. The number of hydrogen-bond acceptors (Lipinski definition) is 2. The average molecular weight is 156 g/mol. The number of rotatable bonds is 3. The zero-order chi connectivity index (χ0) is 8.85. The molecule has 0 unspecified atom stereocenters. The van der Waals surface area contributed by atoms with Gasteiger partial charge in [-0.2, -0.15) is 0 Å². The molecule has 0 N–H and O–H groups in total. The van der Waals surface area contributed by atoms with Crippen molar-refractivity contribution in [2.75, 3.05) is 20.7 Å². The van der Waals surface area contributed by atoms with E-state index < -0.39 is 0 Å². The molecule has 0 amide bonds. The van der Waals surface area contributed by atoms with E-state index in [-0.39, 0.29) is 5.97 Å². The number of carbonyl (C=O) groups is 1. The summed E-state index contributed by atoms with van der Waals surface area (Å²) in [5, 5.41) is 0. The number of nitrogens with zero attached hydrogens (tertiary/aromatic N) is 1. The second kappa shape index (κ2) is 4.66. The molecular formula is C8H14NO2+. The minimum Gasteiger partial charge on any atom is -0.452 e. The monoisotopic (exact) mass is 156 g/mol. The Morgan fingerprint density at radius 2 is 2.18 bits per heavy atom. The van der Waals surface area contributed by atoms with Gasteiger partial charge >= 0.3 is 5.97 Å². The van der Waals surface area contributed by atoms with E-state index in [1.807, 2.05) is 18.7 Å². The second-order valence-corrected chi connectivity index (χ2v) is 2.52. The Hall–Kier alpha value is -1.12. The van der Waals surface area contributed by atoms with Gasteiger partial charge in [-0.3, -0.25) is 0 Å². The summed E-state index contributed by atoms with van der Waals surface area (Å²) in [6, 6.07) is 0. The average Bonchev–Trinajstić information content (AvgIpc) is 1.86. The fraction of sp³-hybridized carbons (Fsp3) is 0.500. The predicted octanol–water partition coefficient (Wildman–Crippen LogP) is 0.449. The first kappa shape index (κ1) is 9.88. The van der Waals surface area contributed by atoms with Crippen LogP contribution in [0, 0.1) is 0 Å². The summed E-state index contributed by atoms with van der Waals surface area (Å²) < 4.78 is 6.60. The van der Waals surface area contributed by atoms with E-state index in [2.05, 4.69) is 6.58 Å². The van der Waals surface area contributed by atoms with E-state index in [4.69, 9.17) is 4.74 Å². The van der Waals surface area contributed by atoms with Crippen molar-refractivity contribution in [1.82, 2.24) is 0 Å². The first-order valence-corrected chi connectivity index (χ1v) is 3.36. The van der Waals surface area contributed by atoms with Crippen molar-refractivity contribution in [3.63, 3.8) is 0 Å². The molecule has 0 fully saturated rings. The summed E-state index contributed by atoms with van der Waals surface area (Å²) in [6.07, 6.45) is 1.76. The first-order chi connectivity index (χ1) is 5.04. The SMILES string of the molecule is C=C(C)C(=O)OCC=[N+](C)C. The largest absolute Gasteiger partial charge is 0.452 e. The van der Waals surface area contributed by atoms with E-state index in [0.717, 1.165) is 0 Å². The Labute approximate surface area is 67.0 Å². The minimum absolute atomic E-state index is 0.304. The van der Waals surface area contributed by atoms with Gasteiger partial charge in [0.1, 0.15) is 14.1 Å². The molecule has 0 aliphatic carbocycles. The lowest BCUT2D eigenvalue weighted by Gasteiger charge is -1.97. The van der Waals surface area contributed by atoms with Crippen LogP contribution >= 0.6 is 0 Å². The van der Waals surface area contributed by atoms with Crippen molar-refractivity contribution in [1.29, 1.82) is 0 Å². The van der Waals surface area contributed by atoms with E-state index in [1.165, 1.54) is 0 Å². The van der Waals surface area contributed by atoms with Crippen LogP contribution < -0.4 is 0 Å². The summed E-state index contributed by atoms with van der Waals surface area (Å²) in [5.41, 5.74) is 0.428. The number of ether oxygens (including phenoxy) is 1. The van der Waals surface area contributed by atoms with Gasteiger partial charge < -0.3 is 4.74 Å². The van der Waals surface area contributed by atoms with Crippen molar-refractivity contribution in [2.45, 2.75) is 6.92 Å². The Morgan fingerprint density at radius 1 is 1.64 bits per heavy atom. The minimum atomic E-state index is -0.344. The summed E-state index contributed by atoms with van der Waals surface area (Å²) in [7, 11) is 3.74. The van der Waals surface area contributed by atoms with Crippen molar-refractivity contribution in [2.24, 2.45) is 0 Å². The van der Waals surface area contributed by atoms with Crippen LogP contribution in [0.4, 0.5) is 0 Å². The number of carbonyl (C=O) groups excluding carboxylic acids is 1. The molecule has 11 heavy (non-hydrogen) atoms. The quantitative estimate of drug-likeness (QED) is 0.257. The fourth-order valence-corrected chi connectivity index (χ4v) is 0.385. The zero-order valence-corrected chi connectivity index (χ0v) is 7.26. The summed E-state index contributed by atoms with van der Waals surface area (Å²) in [4.78, 5) is 10.8. The third kappa shape index (κ3) is 5.33. The maximum absolute atomic E-state index is 10.8. The van der Waals surface area contributed by atoms with Crippen LogP contribution in [0.1, 0.15) is 6.92 Å². The van der Waals surface area contributed by atoms with Gasteiger partial charge in [0.15, 0.2) is 12.8 Å². The molecule has 0 aliphatic rings. The van der Waals surface area contributed by atoms with Crippen LogP contribution in [0.15, 0.2) is 12.2 Å². The molecular weight excluding hydrogens is 142 g/mol. The van der Waals surface area contributed by atoms with Gasteiger partial charge in [-0.15, -0.1) is 0 Å². The molecule has 3 heteroatoms. The molecule has 0 radical (unpaired) electrons. The molecule has 0 spiro atoms. The van der Waals surface area contributed by atoms with Gasteiger partial charge in [0.25, 0.3) is 0 Å². The maximum Gasteiger partial charge on any atom is 0.333 e. The molecule has 0 heterocycles. The van der Waals surface area contributed by atoms with Crippen LogP contribution in [0.25, 0.3) is 0 Å². The molecule has 3 nitrogen and oxygen atoms in total. The predicted molar refractivity (Wildman–Crippen MR) is 43.9 cm³/mol. The Bertz CT molecular complexity index is 190. The van der Waals surface area contributed by atoms with Gasteiger partial charge in [0.05, 0.1) is 0 Å². The first-order valence-electron chi connectivity index (χ1n) is 3.36. The number of esters is 1. The van der Waals surface area contributed by atoms with Crippen LogP contribution in [0.5, 0.6) is 0 Å². The zero-order valence-electron chi connectivity index (χ0n) is 7.26. The third-order valence-electron chi connectivity index (χ3n) is 1.00. The van der Waals surface area contributed by atoms with Gasteiger partial charge in [0, 0.05) is 5.57 Å². The Balaban J connectivity index is 3.64. The van der Waals surface area contributed by atoms with E-state index in [1.54, 1.807) is 13.1 Å². The molecule has 0 aromatic rings. The molecule has 0 rings (SSSR count). The second-order valence-electron chi connectivity index (χ2n) is 2.52. The third-order valence-corrected chi connectivity index (χ3v) is 1.00. The normalized spacial score (nSPS) is 8.64. The lowest BCUT2D eigenvalue weighted by Crippen LogP contribution is -2.11. The summed E-state index contributed by atoms with van der Waals surface area (Å²) in [6.45, 7) is 5.38. The standard InChI is InChI=1S/C8H14NO2/c1-7(2)8(10)11-6-5-9(3)4/h5H,1,6H2,2-4H3/q+1. The molecule has 0 atom stereocenters. The van der Waals surface area contributed by atoms with Crippen LogP contribution in [0.2, 0.25) is 0 Å². The Kier molecular flexibility index (Phi) is 4.18. The van der Waals surface area contributed by atoms with Gasteiger partial charge in [0.2, 0.25) is 0 Å². The van der Waals surface area contributed by atoms with Crippen molar-refractivity contribution < 1.29 is 14.1 Å². The highest BCUT2D eigenvalue weighted by molar-refractivity contribution is 5.87. The van der Waals surface area contributed by atoms with Crippen LogP contribution in [-0.2, 0) is 9.53 Å². The summed E-state index contributed by atoms with van der Waals surface area (Å²) >= 11 is 0. The summed E-state index contributed by atoms with van der Waals surface area (Å²) in [5.74, 6) is -0.344. The highest BCUT2D eigenvalue weighted by atomic mass is 16.5. The lowest BCUT2D eigenvalue weighted by atomic mass is 10.4. The topological polar surface area (TPSA) is 29.3 Å². The maximum atomic E-state index is 10.8. The van der Waals surface area contributed by atoms with Gasteiger partial charge in [-0.1, -0.05) is 6.58 Å². The smallest absolute Gasteiger partial charge is 0.333 e. The molecule has 0 aromatic heterocycles.